The molecule has 0 amide bonds. The van der Waals surface area contributed by atoms with Gasteiger partial charge in [0.2, 0.25) is 0 Å². The fourth-order valence-corrected chi connectivity index (χ4v) is 2.14. The third-order valence-electron chi connectivity index (χ3n) is 3.62. The molecule has 30 heavy (non-hydrogen) atoms. The predicted octanol–water partition coefficient (Wildman–Crippen LogP) is 4.11. The Morgan fingerprint density at radius 2 is 1.90 bits per heavy atom. The van der Waals surface area contributed by atoms with Crippen molar-refractivity contribution in [1.82, 2.24) is 5.32 Å². The maximum Gasteiger partial charge on any atom is 0.121 e. The minimum atomic E-state index is -3.68. The van der Waals surface area contributed by atoms with Crippen LogP contribution in [0.3, 0.4) is 0 Å². The van der Waals surface area contributed by atoms with Crippen molar-refractivity contribution >= 4 is 0 Å². The Balaban J connectivity index is 2.02. The van der Waals surface area contributed by atoms with Crippen molar-refractivity contribution < 1.29 is 46.1 Å². The molecule has 2 aromatic rings. The minimum Gasteiger partial charge on any atom is -0.508 e. The summed E-state index contributed by atoms with van der Waals surface area (Å²) in [5.41, 5.74) is -3.28. The molecule has 0 aliphatic rings. The normalized spacial score (nSPS) is 25.3. The SMILES string of the molecule is [2H]c1cc([2H])c(C([2H])([2H])C([2H])([2H])C([2H])([2H])C([2H])([2H])OCCCCCCNC([2H])([2H])C([2H])(O)c2c([2H])c([2H])c(O)c(C([2H])([2H])O)c2[2H])c([2H])c1. The molecule has 166 valence electrons. The number of ether oxygens (including phenoxy) is 1. The van der Waals surface area contributed by atoms with Crippen molar-refractivity contribution in [2.24, 2.45) is 0 Å². The van der Waals surface area contributed by atoms with Crippen molar-refractivity contribution in [1.29, 1.82) is 0 Å². The maximum atomic E-state index is 10.8. The lowest BCUT2D eigenvalue weighted by Gasteiger charge is -2.14. The van der Waals surface area contributed by atoms with Crippen molar-refractivity contribution in [3.05, 3.63) is 65.1 Å². The monoisotopic (exact) mass is 434 g/mol. The third kappa shape index (κ3) is 9.72. The van der Waals surface area contributed by atoms with E-state index in [1.54, 1.807) is 0 Å². The summed E-state index contributed by atoms with van der Waals surface area (Å²) >= 11 is 0. The Kier molecular flexibility index (Phi) is 4.44. The van der Waals surface area contributed by atoms with Crippen LogP contribution in [0.15, 0.2) is 48.4 Å². The second-order valence-electron chi connectivity index (χ2n) is 5.84. The summed E-state index contributed by atoms with van der Waals surface area (Å²) in [6.07, 6.45) is -13.5. The first-order chi connectivity index (χ1) is 21.9. The number of hydrogen-bond donors (Lipinski definition) is 4. The summed E-state index contributed by atoms with van der Waals surface area (Å²) in [4.78, 5) is 0. The highest BCUT2D eigenvalue weighted by Crippen LogP contribution is 2.22. The van der Waals surface area contributed by atoms with E-state index in [9.17, 15) is 15.3 Å². The lowest BCUT2D eigenvalue weighted by Crippen LogP contribution is -2.22. The van der Waals surface area contributed by atoms with Crippen LogP contribution in [0.2, 0.25) is 0 Å². The molecule has 4 N–H and O–H groups in total. The van der Waals surface area contributed by atoms with Crippen LogP contribution in [0, 0.1) is 0 Å². The lowest BCUT2D eigenvalue weighted by molar-refractivity contribution is 0.126. The van der Waals surface area contributed by atoms with Gasteiger partial charge in [-0.2, -0.15) is 0 Å². The molecule has 0 spiro atoms. The summed E-state index contributed by atoms with van der Waals surface area (Å²) in [7, 11) is 0. The fourth-order valence-electron chi connectivity index (χ4n) is 2.14. The average molecular weight is 435 g/mol. The van der Waals surface area contributed by atoms with Crippen LogP contribution in [0.5, 0.6) is 5.75 Å². The van der Waals surface area contributed by atoms with E-state index in [-0.39, 0.29) is 38.3 Å². The van der Waals surface area contributed by atoms with E-state index in [0.717, 1.165) is 12.1 Å². The zero-order valence-corrected chi connectivity index (χ0v) is 16.1. The summed E-state index contributed by atoms with van der Waals surface area (Å²) in [5, 5.41) is 32.7. The van der Waals surface area contributed by atoms with E-state index in [1.165, 1.54) is 0 Å². The van der Waals surface area contributed by atoms with E-state index < -0.39 is 104 Å². The number of benzene rings is 2. The van der Waals surface area contributed by atoms with Crippen molar-refractivity contribution in [2.45, 2.75) is 57.4 Å². The standard InChI is InChI=1S/C25H37NO4/c27-20-23-18-22(13-14-24(23)28)25(29)19-26-15-7-1-2-8-16-30-17-9-6-12-21-10-4-3-5-11-21/h3-5,10-11,13-14,18,25-29H,1-2,6-9,12,15-17,19-20H2/i3D,6D2,9D2,10D,11D,12D2,13D,14D,17D2,18D,19D2,20D2,25D. The Morgan fingerprint density at radius 3 is 2.70 bits per heavy atom. The predicted molar refractivity (Wildman–Crippen MR) is 121 cm³/mol. The molecule has 0 aliphatic heterocycles. The van der Waals surface area contributed by atoms with E-state index in [4.69, 9.17) is 30.8 Å². The molecule has 0 heterocycles. The molecule has 1 unspecified atom stereocenters. The second kappa shape index (κ2) is 15.0. The van der Waals surface area contributed by atoms with Gasteiger partial charge in [-0.05, 0) is 61.7 Å². The Bertz CT molecular complexity index is 1490. The number of aliphatic hydroxyl groups is 2. The molecule has 0 fully saturated rings. The van der Waals surface area contributed by atoms with Crippen LogP contribution in [-0.4, -0.2) is 41.5 Å². The van der Waals surface area contributed by atoms with Gasteiger partial charge in [-0.3, -0.25) is 0 Å². The lowest BCUT2D eigenvalue weighted by atomic mass is 10.1. The smallest absolute Gasteiger partial charge is 0.121 e. The number of nitrogens with one attached hydrogen (secondary N) is 1. The first-order valence-electron chi connectivity index (χ1n) is 18.7. The van der Waals surface area contributed by atoms with Gasteiger partial charge in [-0.1, -0.05) is 49.1 Å². The first-order valence-corrected chi connectivity index (χ1v) is 9.17. The van der Waals surface area contributed by atoms with Crippen molar-refractivity contribution in [3.63, 3.8) is 0 Å². The minimum absolute atomic E-state index is 0.0651. The molecule has 0 bridgehead atoms. The van der Waals surface area contributed by atoms with Crippen LogP contribution >= 0.6 is 0 Å². The van der Waals surface area contributed by atoms with Gasteiger partial charge in [0.25, 0.3) is 0 Å². The summed E-state index contributed by atoms with van der Waals surface area (Å²) < 4.78 is 157. The van der Waals surface area contributed by atoms with Gasteiger partial charge < -0.3 is 25.4 Å². The number of aromatic hydroxyl groups is 1. The van der Waals surface area contributed by atoms with Crippen LogP contribution < -0.4 is 5.32 Å². The van der Waals surface area contributed by atoms with Crippen molar-refractivity contribution in [3.8, 4) is 5.75 Å². The van der Waals surface area contributed by atoms with Crippen LogP contribution in [0.4, 0.5) is 0 Å². The van der Waals surface area contributed by atoms with Crippen LogP contribution in [0.25, 0.3) is 0 Å². The highest BCUT2D eigenvalue weighted by atomic mass is 16.5. The number of unbranched alkanes of at least 4 members (excludes halogenated alkanes) is 3. The molecule has 2 aromatic carbocycles. The largest absolute Gasteiger partial charge is 0.508 e. The molecule has 2 rings (SSSR count). The van der Waals surface area contributed by atoms with Gasteiger partial charge in [-0.25, -0.2) is 0 Å². The Hall–Kier alpha value is -1.92. The maximum absolute atomic E-state index is 10.8. The second-order valence-corrected chi connectivity index (χ2v) is 5.84. The molecule has 5 nitrogen and oxygen atoms in total. The van der Waals surface area contributed by atoms with E-state index in [1.807, 2.05) is 0 Å². The molecular formula is C25H37NO4. The number of phenols is 1. The zero-order chi connectivity index (χ0) is 38.3. The van der Waals surface area contributed by atoms with Gasteiger partial charge in [0, 0.05) is 36.2 Å². The molecule has 0 aliphatic carbocycles. The molecule has 1 atom stereocenters. The van der Waals surface area contributed by atoms with E-state index >= 15 is 0 Å². The zero-order valence-electron chi connectivity index (χ0n) is 35.1. The highest BCUT2D eigenvalue weighted by Gasteiger charge is 2.09. The fraction of sp³-hybridized carbons (Fsp3) is 0.520. The Morgan fingerprint density at radius 1 is 1.10 bits per heavy atom. The third-order valence-corrected chi connectivity index (χ3v) is 3.62. The van der Waals surface area contributed by atoms with Gasteiger partial charge >= 0.3 is 0 Å². The summed E-state index contributed by atoms with van der Waals surface area (Å²) in [6, 6.07) is -3.65. The van der Waals surface area contributed by atoms with Gasteiger partial charge in [-0.15, -0.1) is 0 Å². The summed E-state index contributed by atoms with van der Waals surface area (Å²) in [6.45, 7) is -10.7. The summed E-state index contributed by atoms with van der Waals surface area (Å²) in [5.74, 6) is -1.29. The van der Waals surface area contributed by atoms with E-state index in [2.05, 4.69) is 5.32 Å². The molecular weight excluding hydrogens is 378 g/mol. The van der Waals surface area contributed by atoms with Gasteiger partial charge in [0.15, 0.2) is 0 Å². The molecule has 5 heteroatoms. The molecule has 0 saturated heterocycles. The molecule has 0 aromatic heterocycles. The molecule has 0 saturated carbocycles. The Labute approximate surface area is 207 Å². The van der Waals surface area contributed by atoms with Gasteiger partial charge in [0.05, 0.1) is 27.7 Å². The van der Waals surface area contributed by atoms with Crippen LogP contribution in [-0.2, 0) is 17.7 Å². The molecule has 0 radical (unpaired) electrons. The first kappa shape index (κ1) is 8.91. The van der Waals surface area contributed by atoms with Gasteiger partial charge in [0.1, 0.15) is 5.75 Å². The van der Waals surface area contributed by atoms with Crippen LogP contribution in [0.1, 0.15) is 87.2 Å². The van der Waals surface area contributed by atoms with E-state index in [0.29, 0.717) is 0 Å². The number of rotatable bonds is 16. The highest BCUT2D eigenvalue weighted by molar-refractivity contribution is 5.36. The van der Waals surface area contributed by atoms with Crippen molar-refractivity contribution in [2.75, 3.05) is 26.2 Å². The number of hydrogen-bond acceptors (Lipinski definition) is 5. The topological polar surface area (TPSA) is 82.0 Å². The quantitative estimate of drug-likeness (QED) is 0.299. The average Bonchev–Trinajstić information content (AvgIpc) is 2.91.